The number of sulfone groups is 1. The van der Waals surface area contributed by atoms with Crippen molar-refractivity contribution in [3.05, 3.63) is 29.8 Å². The van der Waals surface area contributed by atoms with Crippen LogP contribution in [0.1, 0.15) is 12.5 Å². The summed E-state index contributed by atoms with van der Waals surface area (Å²) in [6.07, 6.45) is -0.0820. The first kappa shape index (κ1) is 17.0. The van der Waals surface area contributed by atoms with E-state index in [1.54, 1.807) is 31.2 Å². The molecule has 1 rings (SSSR count). The normalized spacial score (nSPS) is 10.9. The quantitative estimate of drug-likeness (QED) is 0.691. The predicted octanol–water partition coefficient (Wildman–Crippen LogP) is 0.870. The summed E-state index contributed by atoms with van der Waals surface area (Å²) in [6, 6.07) is 5.87. The third-order valence-electron chi connectivity index (χ3n) is 2.71. The summed E-state index contributed by atoms with van der Waals surface area (Å²) in [5, 5.41) is 13.6. The van der Waals surface area contributed by atoms with Crippen LogP contribution in [0.15, 0.2) is 24.3 Å². The standard InChI is InChI=1S/C13H18N2O5S/c1-2-21(19,20)8-7-14-13(18)15-11-5-3-10(4-6-11)9-12(16)17/h3-6H,2,7-9H2,1H3,(H,16,17)(H2,14,15,18). The first-order valence-electron chi connectivity index (χ1n) is 6.38. The fourth-order valence-electron chi connectivity index (χ4n) is 1.52. The minimum atomic E-state index is -3.10. The number of nitrogens with one attached hydrogen (secondary N) is 2. The predicted molar refractivity (Wildman–Crippen MR) is 79.1 cm³/mol. The molecule has 1 aromatic rings. The number of benzene rings is 1. The Labute approximate surface area is 123 Å². The molecule has 2 amide bonds. The summed E-state index contributed by atoms with van der Waals surface area (Å²) in [4.78, 5) is 22.1. The lowest BCUT2D eigenvalue weighted by molar-refractivity contribution is -0.136. The van der Waals surface area contributed by atoms with Crippen molar-refractivity contribution >= 4 is 27.5 Å². The number of amides is 2. The van der Waals surface area contributed by atoms with Gasteiger partial charge in [-0.3, -0.25) is 4.79 Å². The van der Waals surface area contributed by atoms with Gasteiger partial charge in [0.25, 0.3) is 0 Å². The molecule has 0 saturated carbocycles. The Morgan fingerprint density at radius 1 is 1.19 bits per heavy atom. The van der Waals surface area contributed by atoms with Gasteiger partial charge in [0.15, 0.2) is 9.84 Å². The van der Waals surface area contributed by atoms with E-state index in [0.717, 1.165) is 0 Å². The molecule has 0 aliphatic rings. The van der Waals surface area contributed by atoms with Crippen molar-refractivity contribution in [2.24, 2.45) is 0 Å². The molecule has 21 heavy (non-hydrogen) atoms. The summed E-state index contributed by atoms with van der Waals surface area (Å²) < 4.78 is 22.5. The van der Waals surface area contributed by atoms with E-state index < -0.39 is 21.8 Å². The highest BCUT2D eigenvalue weighted by atomic mass is 32.2. The maximum Gasteiger partial charge on any atom is 0.319 e. The van der Waals surface area contributed by atoms with Crippen LogP contribution in [0.2, 0.25) is 0 Å². The van der Waals surface area contributed by atoms with E-state index in [1.807, 2.05) is 0 Å². The number of hydrogen-bond acceptors (Lipinski definition) is 4. The number of hydrogen-bond donors (Lipinski definition) is 3. The fraction of sp³-hybridized carbons (Fsp3) is 0.385. The molecule has 3 N–H and O–H groups in total. The van der Waals surface area contributed by atoms with E-state index in [-0.39, 0.29) is 24.5 Å². The summed E-state index contributed by atoms with van der Waals surface area (Å²) >= 11 is 0. The minimum Gasteiger partial charge on any atom is -0.481 e. The minimum absolute atomic E-state index is 0.0408. The van der Waals surface area contributed by atoms with Crippen LogP contribution in [-0.4, -0.2) is 43.6 Å². The monoisotopic (exact) mass is 314 g/mol. The van der Waals surface area contributed by atoms with Gasteiger partial charge >= 0.3 is 12.0 Å². The molecule has 116 valence electrons. The van der Waals surface area contributed by atoms with E-state index in [0.29, 0.717) is 11.3 Å². The summed E-state index contributed by atoms with van der Waals surface area (Å²) in [5.74, 6) is -0.985. The van der Waals surface area contributed by atoms with Crippen LogP contribution in [0, 0.1) is 0 Å². The first-order chi connectivity index (χ1) is 9.82. The zero-order chi connectivity index (χ0) is 15.9. The first-order valence-corrected chi connectivity index (χ1v) is 8.20. The van der Waals surface area contributed by atoms with Crippen LogP contribution in [0.25, 0.3) is 0 Å². The highest BCUT2D eigenvalue weighted by Crippen LogP contribution is 2.09. The van der Waals surface area contributed by atoms with Crippen LogP contribution in [0.3, 0.4) is 0 Å². The number of carboxylic acids is 1. The second-order valence-corrected chi connectivity index (χ2v) is 6.86. The maximum atomic E-state index is 11.5. The van der Waals surface area contributed by atoms with Gasteiger partial charge in [0, 0.05) is 18.0 Å². The van der Waals surface area contributed by atoms with Crippen molar-refractivity contribution in [2.45, 2.75) is 13.3 Å². The lowest BCUT2D eigenvalue weighted by atomic mass is 10.1. The third kappa shape index (κ3) is 6.75. The second kappa shape index (κ2) is 7.63. The topological polar surface area (TPSA) is 113 Å². The van der Waals surface area contributed by atoms with Crippen LogP contribution in [0.5, 0.6) is 0 Å². The average molecular weight is 314 g/mol. The number of carboxylic acid groups (broad SMARTS) is 1. The molecule has 0 unspecified atom stereocenters. The molecule has 7 nitrogen and oxygen atoms in total. The number of rotatable bonds is 7. The number of urea groups is 1. The second-order valence-electron chi connectivity index (χ2n) is 4.38. The molecule has 0 saturated heterocycles. The lowest BCUT2D eigenvalue weighted by Gasteiger charge is -2.08. The van der Waals surface area contributed by atoms with Crippen LogP contribution < -0.4 is 10.6 Å². The SMILES string of the molecule is CCS(=O)(=O)CCNC(=O)Nc1ccc(CC(=O)O)cc1. The summed E-state index contributed by atoms with van der Waals surface area (Å²) in [7, 11) is -3.10. The average Bonchev–Trinajstić information content (AvgIpc) is 2.40. The molecule has 0 spiro atoms. The van der Waals surface area contributed by atoms with E-state index in [2.05, 4.69) is 10.6 Å². The molecule has 0 heterocycles. The Balaban J connectivity index is 2.43. The number of aliphatic carboxylic acids is 1. The number of carbonyl (C=O) groups is 2. The summed E-state index contributed by atoms with van der Waals surface area (Å²) in [6.45, 7) is 1.59. The smallest absolute Gasteiger partial charge is 0.319 e. The molecule has 1 aromatic carbocycles. The molecule has 0 atom stereocenters. The van der Waals surface area contributed by atoms with Crippen LogP contribution in [0.4, 0.5) is 10.5 Å². The van der Waals surface area contributed by atoms with Gasteiger partial charge in [-0.15, -0.1) is 0 Å². The third-order valence-corrected chi connectivity index (χ3v) is 4.41. The molecular weight excluding hydrogens is 296 g/mol. The fourth-order valence-corrected chi connectivity index (χ4v) is 2.22. The molecular formula is C13H18N2O5S. The van der Waals surface area contributed by atoms with Crippen molar-refractivity contribution in [1.82, 2.24) is 5.32 Å². The molecule has 0 radical (unpaired) electrons. The zero-order valence-corrected chi connectivity index (χ0v) is 12.4. The molecule has 0 fully saturated rings. The van der Waals surface area contributed by atoms with Gasteiger partial charge in [0.1, 0.15) is 0 Å². The molecule has 0 aliphatic carbocycles. The van der Waals surface area contributed by atoms with E-state index >= 15 is 0 Å². The van der Waals surface area contributed by atoms with Gasteiger partial charge < -0.3 is 15.7 Å². The molecule has 0 bridgehead atoms. The molecule has 8 heteroatoms. The highest BCUT2D eigenvalue weighted by molar-refractivity contribution is 7.91. The van der Waals surface area contributed by atoms with Crippen LogP contribution >= 0.6 is 0 Å². The highest BCUT2D eigenvalue weighted by Gasteiger charge is 2.08. The lowest BCUT2D eigenvalue weighted by Crippen LogP contribution is -2.33. The molecule has 0 aliphatic heterocycles. The maximum absolute atomic E-state index is 11.5. The Morgan fingerprint density at radius 2 is 1.81 bits per heavy atom. The van der Waals surface area contributed by atoms with Crippen molar-refractivity contribution in [3.8, 4) is 0 Å². The van der Waals surface area contributed by atoms with Gasteiger partial charge in [0.05, 0.1) is 12.2 Å². The number of carbonyl (C=O) groups excluding carboxylic acids is 1. The Morgan fingerprint density at radius 3 is 2.33 bits per heavy atom. The van der Waals surface area contributed by atoms with Crippen molar-refractivity contribution in [2.75, 3.05) is 23.4 Å². The van der Waals surface area contributed by atoms with Crippen molar-refractivity contribution < 1.29 is 23.1 Å². The number of anilines is 1. The van der Waals surface area contributed by atoms with Gasteiger partial charge in [-0.2, -0.15) is 0 Å². The Kier molecular flexibility index (Phi) is 6.16. The van der Waals surface area contributed by atoms with Gasteiger partial charge in [-0.05, 0) is 17.7 Å². The Bertz CT molecular complexity index is 595. The molecule has 0 aromatic heterocycles. The van der Waals surface area contributed by atoms with Crippen molar-refractivity contribution in [1.29, 1.82) is 0 Å². The Hall–Kier alpha value is -2.09. The largest absolute Gasteiger partial charge is 0.481 e. The van der Waals surface area contributed by atoms with Gasteiger partial charge in [-0.25, -0.2) is 13.2 Å². The van der Waals surface area contributed by atoms with E-state index in [9.17, 15) is 18.0 Å². The zero-order valence-electron chi connectivity index (χ0n) is 11.6. The van der Waals surface area contributed by atoms with Gasteiger partial charge in [-0.1, -0.05) is 19.1 Å². The van der Waals surface area contributed by atoms with E-state index in [1.165, 1.54) is 0 Å². The summed E-state index contributed by atoms with van der Waals surface area (Å²) in [5.41, 5.74) is 1.13. The van der Waals surface area contributed by atoms with E-state index in [4.69, 9.17) is 5.11 Å². The van der Waals surface area contributed by atoms with Crippen LogP contribution in [-0.2, 0) is 21.1 Å². The van der Waals surface area contributed by atoms with Crippen molar-refractivity contribution in [3.63, 3.8) is 0 Å². The van der Waals surface area contributed by atoms with Gasteiger partial charge in [0.2, 0.25) is 0 Å².